The van der Waals surface area contributed by atoms with Gasteiger partial charge in [-0.05, 0) is 84.0 Å². The number of aromatic nitrogens is 5. The van der Waals surface area contributed by atoms with Gasteiger partial charge in [0.15, 0.2) is 5.58 Å². The molecular formula is C34H42N6O6. The lowest BCUT2D eigenvalue weighted by atomic mass is 9.91. The number of benzene rings is 1. The van der Waals surface area contributed by atoms with E-state index in [1.807, 2.05) is 32.0 Å². The number of likely N-dealkylation sites (tertiary alicyclic amines) is 1. The highest BCUT2D eigenvalue weighted by Crippen LogP contribution is 2.34. The molecule has 2 atom stereocenters. The van der Waals surface area contributed by atoms with E-state index in [9.17, 15) is 19.8 Å². The van der Waals surface area contributed by atoms with Crippen LogP contribution in [-0.2, 0) is 25.9 Å². The molecule has 0 saturated carbocycles. The smallest absolute Gasteiger partial charge is 0.257 e. The summed E-state index contributed by atoms with van der Waals surface area (Å²) in [5.41, 5.74) is 4.29. The van der Waals surface area contributed by atoms with Gasteiger partial charge in [0.05, 0.1) is 12.3 Å². The maximum atomic E-state index is 13.2. The first-order valence-electron chi connectivity index (χ1n) is 16.6. The van der Waals surface area contributed by atoms with E-state index >= 15 is 0 Å². The van der Waals surface area contributed by atoms with Crippen LogP contribution < -0.4 is 15.9 Å². The SMILES string of the molecule is Cc1nc2n(c(=O)c1CCOc1ccc3c(C4CCN(CCc5c(C)nc6n(c5=O)CCCC6O)CC4)noc3c1)CCCC2O. The number of aryl methyl sites for hydroxylation is 2. The van der Waals surface area contributed by atoms with Crippen LogP contribution in [0.4, 0.5) is 0 Å². The van der Waals surface area contributed by atoms with Crippen molar-refractivity contribution in [3.63, 3.8) is 0 Å². The second kappa shape index (κ2) is 12.7. The van der Waals surface area contributed by atoms with Crippen molar-refractivity contribution in [2.24, 2.45) is 0 Å². The summed E-state index contributed by atoms with van der Waals surface area (Å²) in [5, 5.41) is 26.0. The molecule has 6 heterocycles. The second-order valence-corrected chi connectivity index (χ2v) is 13.0. The molecule has 2 unspecified atom stereocenters. The molecule has 3 aromatic heterocycles. The Morgan fingerprint density at radius 2 is 1.46 bits per heavy atom. The molecule has 3 aliphatic rings. The molecule has 2 N–H and O–H groups in total. The second-order valence-electron chi connectivity index (χ2n) is 13.0. The van der Waals surface area contributed by atoms with Gasteiger partial charge in [-0.1, -0.05) is 5.16 Å². The van der Waals surface area contributed by atoms with Crippen LogP contribution in [0.5, 0.6) is 5.75 Å². The molecule has 0 aliphatic carbocycles. The van der Waals surface area contributed by atoms with Crippen molar-refractivity contribution in [1.82, 2.24) is 29.2 Å². The van der Waals surface area contributed by atoms with Crippen molar-refractivity contribution < 1.29 is 19.5 Å². The van der Waals surface area contributed by atoms with Crippen LogP contribution >= 0.6 is 0 Å². The molecule has 12 heteroatoms. The number of aliphatic hydroxyl groups excluding tert-OH is 2. The van der Waals surface area contributed by atoms with E-state index in [0.29, 0.717) is 79.6 Å². The van der Waals surface area contributed by atoms with Gasteiger partial charge >= 0.3 is 0 Å². The molecule has 1 fully saturated rings. The molecule has 0 bridgehead atoms. The van der Waals surface area contributed by atoms with Gasteiger partial charge in [0.1, 0.15) is 29.6 Å². The lowest BCUT2D eigenvalue weighted by Crippen LogP contribution is -2.37. The van der Waals surface area contributed by atoms with Gasteiger partial charge in [-0.15, -0.1) is 0 Å². The summed E-state index contributed by atoms with van der Waals surface area (Å²) in [6, 6.07) is 5.78. The fourth-order valence-corrected chi connectivity index (χ4v) is 7.40. The molecule has 0 spiro atoms. The van der Waals surface area contributed by atoms with E-state index in [1.165, 1.54) is 0 Å². The number of ether oxygens (including phenoxy) is 1. The molecule has 0 radical (unpaired) electrons. The number of piperidine rings is 1. The topological polar surface area (TPSA) is 149 Å². The minimum atomic E-state index is -0.687. The lowest BCUT2D eigenvalue weighted by molar-refractivity contribution is 0.129. The van der Waals surface area contributed by atoms with Crippen LogP contribution in [0.3, 0.4) is 0 Å². The van der Waals surface area contributed by atoms with E-state index in [2.05, 4.69) is 20.0 Å². The minimum absolute atomic E-state index is 0.00540. The van der Waals surface area contributed by atoms with Gasteiger partial charge in [0.25, 0.3) is 11.1 Å². The van der Waals surface area contributed by atoms with Gasteiger partial charge in [-0.2, -0.15) is 0 Å². The Balaban J connectivity index is 0.946. The molecule has 1 aromatic carbocycles. The largest absolute Gasteiger partial charge is 0.493 e. The first-order valence-corrected chi connectivity index (χ1v) is 16.6. The van der Waals surface area contributed by atoms with Crippen molar-refractivity contribution >= 4 is 11.0 Å². The van der Waals surface area contributed by atoms with Gasteiger partial charge in [0, 0.05) is 65.9 Å². The predicted octanol–water partition coefficient (Wildman–Crippen LogP) is 3.26. The molecule has 3 aliphatic heterocycles. The minimum Gasteiger partial charge on any atom is -0.493 e. The van der Waals surface area contributed by atoms with Gasteiger partial charge in [0.2, 0.25) is 0 Å². The highest BCUT2D eigenvalue weighted by atomic mass is 16.5. The van der Waals surface area contributed by atoms with Crippen molar-refractivity contribution in [1.29, 1.82) is 0 Å². The predicted molar refractivity (Wildman–Crippen MR) is 170 cm³/mol. The standard InChI is InChI=1S/C34H42N6O6/c1-20-24(33(43)39-13-3-5-27(41)31(39)35-20)11-17-38-15-9-22(10-16-38)30-26-8-7-23(19-29(26)46-37-30)45-18-12-25-21(2)36-32-28(42)6-4-14-40(32)34(25)44/h7-8,19,22,27-28,41-42H,3-6,9-18H2,1-2H3. The average molecular weight is 631 g/mol. The zero-order valence-electron chi connectivity index (χ0n) is 26.6. The summed E-state index contributed by atoms with van der Waals surface area (Å²) < 4.78 is 15.0. The van der Waals surface area contributed by atoms with Crippen LogP contribution in [0.1, 0.15) is 96.5 Å². The molecule has 46 heavy (non-hydrogen) atoms. The number of aliphatic hydroxyl groups is 2. The highest BCUT2D eigenvalue weighted by molar-refractivity contribution is 5.81. The molecular weight excluding hydrogens is 588 g/mol. The average Bonchev–Trinajstić information content (AvgIpc) is 3.47. The van der Waals surface area contributed by atoms with E-state index in [1.54, 1.807) is 9.13 Å². The summed E-state index contributed by atoms with van der Waals surface area (Å²) in [5.74, 6) is 1.91. The van der Waals surface area contributed by atoms with Crippen molar-refractivity contribution in [2.45, 2.75) is 96.4 Å². The van der Waals surface area contributed by atoms with Crippen LogP contribution in [-0.4, -0.2) is 65.6 Å². The molecule has 244 valence electrons. The maximum Gasteiger partial charge on any atom is 0.257 e. The fraction of sp³-hybridized carbons (Fsp3) is 0.559. The molecule has 4 aromatic rings. The molecule has 7 rings (SSSR count). The van der Waals surface area contributed by atoms with E-state index in [-0.39, 0.29) is 17.0 Å². The van der Waals surface area contributed by atoms with Crippen molar-refractivity contribution in [2.75, 3.05) is 26.2 Å². The number of fused-ring (bicyclic) bond motifs is 3. The summed E-state index contributed by atoms with van der Waals surface area (Å²) in [6.07, 6.45) is 4.47. The summed E-state index contributed by atoms with van der Waals surface area (Å²) in [6.45, 7) is 7.82. The van der Waals surface area contributed by atoms with Crippen LogP contribution in [0.25, 0.3) is 11.0 Å². The zero-order valence-corrected chi connectivity index (χ0v) is 26.6. The van der Waals surface area contributed by atoms with Crippen LogP contribution in [0, 0.1) is 13.8 Å². The summed E-state index contributed by atoms with van der Waals surface area (Å²) in [7, 11) is 0. The Labute approximate surface area is 266 Å². The third-order valence-electron chi connectivity index (χ3n) is 10.1. The first-order chi connectivity index (χ1) is 22.3. The Hall–Kier alpha value is -3.87. The third kappa shape index (κ3) is 5.78. The van der Waals surface area contributed by atoms with Crippen LogP contribution in [0.15, 0.2) is 32.3 Å². The first kappa shape index (κ1) is 30.8. The third-order valence-corrected chi connectivity index (χ3v) is 10.1. The summed E-state index contributed by atoms with van der Waals surface area (Å²) in [4.78, 5) is 37.7. The van der Waals surface area contributed by atoms with Crippen LogP contribution in [0.2, 0.25) is 0 Å². The molecule has 12 nitrogen and oxygen atoms in total. The van der Waals surface area contributed by atoms with E-state index < -0.39 is 12.2 Å². The lowest BCUT2D eigenvalue weighted by Gasteiger charge is -2.31. The maximum absolute atomic E-state index is 13.2. The van der Waals surface area contributed by atoms with E-state index in [4.69, 9.17) is 9.26 Å². The van der Waals surface area contributed by atoms with E-state index in [0.717, 1.165) is 67.7 Å². The zero-order chi connectivity index (χ0) is 31.9. The van der Waals surface area contributed by atoms with Crippen molar-refractivity contribution in [3.05, 3.63) is 78.8 Å². The van der Waals surface area contributed by atoms with Gasteiger partial charge in [-0.3, -0.25) is 18.7 Å². The molecule has 1 saturated heterocycles. The number of nitrogens with zero attached hydrogens (tertiary/aromatic N) is 6. The molecule has 0 amide bonds. The highest BCUT2D eigenvalue weighted by Gasteiger charge is 2.27. The summed E-state index contributed by atoms with van der Waals surface area (Å²) >= 11 is 0. The Morgan fingerprint density at radius 3 is 2.09 bits per heavy atom. The quantitative estimate of drug-likeness (QED) is 0.297. The van der Waals surface area contributed by atoms with Gasteiger partial charge < -0.3 is 24.4 Å². The monoisotopic (exact) mass is 630 g/mol. The van der Waals surface area contributed by atoms with Gasteiger partial charge in [-0.25, -0.2) is 9.97 Å². The number of hydrogen-bond acceptors (Lipinski definition) is 10. The fourth-order valence-electron chi connectivity index (χ4n) is 7.40. The number of hydrogen-bond donors (Lipinski definition) is 2. The Bertz CT molecular complexity index is 1870. The Morgan fingerprint density at radius 1 is 0.848 bits per heavy atom. The normalized spacial score (nSPS) is 20.5. The van der Waals surface area contributed by atoms with Crippen molar-refractivity contribution in [3.8, 4) is 5.75 Å². The number of rotatable bonds is 8. The Kier molecular flexibility index (Phi) is 8.51.